The fourth-order valence-electron chi connectivity index (χ4n) is 6.94. The van der Waals surface area contributed by atoms with E-state index in [0.29, 0.717) is 22.3 Å². The predicted molar refractivity (Wildman–Crippen MR) is 171 cm³/mol. The smallest absolute Gasteiger partial charge is 0.126 e. The maximum Gasteiger partial charge on any atom is 0.126 e. The second-order valence-corrected chi connectivity index (χ2v) is 11.9. The highest BCUT2D eigenvalue weighted by Crippen LogP contribution is 2.52. The molecule has 4 rings (SSSR count). The molecule has 1 atom stereocenters. The van der Waals surface area contributed by atoms with Gasteiger partial charge in [-0.05, 0) is 78.3 Å². The Balaban J connectivity index is 1.99. The van der Waals surface area contributed by atoms with Gasteiger partial charge in [0.25, 0.3) is 0 Å². The molecule has 0 saturated heterocycles. The highest BCUT2D eigenvalue weighted by molar-refractivity contribution is 5.54. The molecule has 1 unspecified atom stereocenters. The standard InChI is InChI=1S/C36H48O9/c1-40-17-25-10-24(11-26(18-41-2)33(25)37)23-8-7-9-36(16-23,31-12-27(19-42-3)34(38)28(13-31)20-43-4)32-14-29(21-44-5)35(39)30(15-32)22-45-6/h10-15,23,37-39H,7-9,16-22H2,1-6H3. The van der Waals surface area contributed by atoms with Gasteiger partial charge in [-0.15, -0.1) is 0 Å². The molecule has 3 aromatic rings. The molecule has 1 aliphatic rings. The molecule has 3 aromatic carbocycles. The largest absolute Gasteiger partial charge is 0.507 e. The van der Waals surface area contributed by atoms with Crippen molar-refractivity contribution in [3.8, 4) is 17.2 Å². The van der Waals surface area contributed by atoms with Crippen LogP contribution in [0.25, 0.3) is 0 Å². The minimum atomic E-state index is -0.513. The van der Waals surface area contributed by atoms with Crippen LogP contribution in [0.3, 0.4) is 0 Å². The molecule has 0 bridgehead atoms. The van der Waals surface area contributed by atoms with Crippen molar-refractivity contribution in [3.05, 3.63) is 86.5 Å². The van der Waals surface area contributed by atoms with Crippen LogP contribution in [0.5, 0.6) is 17.2 Å². The van der Waals surface area contributed by atoms with Crippen molar-refractivity contribution in [1.29, 1.82) is 0 Å². The van der Waals surface area contributed by atoms with E-state index in [1.54, 1.807) is 42.7 Å². The van der Waals surface area contributed by atoms with Crippen LogP contribution in [-0.4, -0.2) is 58.0 Å². The Morgan fingerprint density at radius 2 is 0.844 bits per heavy atom. The van der Waals surface area contributed by atoms with Gasteiger partial charge in [0.15, 0.2) is 0 Å². The summed E-state index contributed by atoms with van der Waals surface area (Å²) in [4.78, 5) is 0. The summed E-state index contributed by atoms with van der Waals surface area (Å²) in [7, 11) is 9.69. The Morgan fingerprint density at radius 1 is 0.533 bits per heavy atom. The average molecular weight is 625 g/mol. The van der Waals surface area contributed by atoms with E-state index in [2.05, 4.69) is 0 Å². The van der Waals surface area contributed by atoms with Gasteiger partial charge in [0.1, 0.15) is 17.2 Å². The van der Waals surface area contributed by atoms with Gasteiger partial charge < -0.3 is 43.7 Å². The molecule has 3 N–H and O–H groups in total. The van der Waals surface area contributed by atoms with Crippen molar-refractivity contribution in [1.82, 2.24) is 0 Å². The number of phenolic OH excluding ortho intramolecular Hbond substituents is 3. The number of phenols is 3. The molecule has 9 heteroatoms. The fourth-order valence-corrected chi connectivity index (χ4v) is 6.94. The Bertz CT molecular complexity index is 1290. The highest BCUT2D eigenvalue weighted by atomic mass is 16.5. The zero-order valence-corrected chi connectivity index (χ0v) is 27.4. The summed E-state index contributed by atoms with van der Waals surface area (Å²) in [5, 5.41) is 33.2. The Morgan fingerprint density at radius 3 is 1.16 bits per heavy atom. The normalized spacial score (nSPS) is 16.3. The zero-order chi connectivity index (χ0) is 32.6. The third-order valence-electron chi connectivity index (χ3n) is 8.95. The monoisotopic (exact) mass is 624 g/mol. The molecule has 0 amide bonds. The van der Waals surface area contributed by atoms with Gasteiger partial charge in [0, 0.05) is 81.5 Å². The Hall–Kier alpha value is -3.18. The Labute approximate surface area is 266 Å². The molecule has 246 valence electrons. The first kappa shape index (κ1) is 34.7. The SMILES string of the molecule is COCc1cc(C2CCCC(c3cc(COC)c(O)c(COC)c3)(c3cc(COC)c(O)c(COC)c3)C2)cc(COC)c1O. The van der Waals surface area contributed by atoms with Gasteiger partial charge in [0.05, 0.1) is 39.6 Å². The van der Waals surface area contributed by atoms with Crippen LogP contribution in [0.15, 0.2) is 36.4 Å². The zero-order valence-electron chi connectivity index (χ0n) is 27.4. The number of benzene rings is 3. The van der Waals surface area contributed by atoms with Gasteiger partial charge in [0.2, 0.25) is 0 Å². The molecule has 1 saturated carbocycles. The van der Waals surface area contributed by atoms with Crippen LogP contribution in [0.4, 0.5) is 0 Å². The van der Waals surface area contributed by atoms with E-state index >= 15 is 0 Å². The van der Waals surface area contributed by atoms with Gasteiger partial charge in [-0.2, -0.15) is 0 Å². The maximum atomic E-state index is 11.1. The summed E-state index contributed by atoms with van der Waals surface area (Å²) >= 11 is 0. The van der Waals surface area contributed by atoms with Gasteiger partial charge >= 0.3 is 0 Å². The van der Waals surface area contributed by atoms with Gasteiger partial charge in [-0.25, -0.2) is 0 Å². The molecule has 1 aliphatic carbocycles. The molecule has 0 aliphatic heterocycles. The minimum Gasteiger partial charge on any atom is -0.507 e. The van der Waals surface area contributed by atoms with Gasteiger partial charge in [-0.1, -0.05) is 6.42 Å². The van der Waals surface area contributed by atoms with Crippen LogP contribution in [-0.2, 0) is 73.5 Å². The third-order valence-corrected chi connectivity index (χ3v) is 8.95. The van der Waals surface area contributed by atoms with Crippen LogP contribution in [0, 0.1) is 0 Å². The van der Waals surface area contributed by atoms with E-state index in [4.69, 9.17) is 28.4 Å². The van der Waals surface area contributed by atoms with Crippen LogP contribution >= 0.6 is 0 Å². The average Bonchev–Trinajstić information content (AvgIpc) is 3.03. The van der Waals surface area contributed by atoms with Crippen molar-refractivity contribution >= 4 is 0 Å². The fraction of sp³-hybridized carbons (Fsp3) is 0.500. The van der Waals surface area contributed by atoms with Crippen LogP contribution in [0.1, 0.15) is 81.7 Å². The molecule has 9 nitrogen and oxygen atoms in total. The van der Waals surface area contributed by atoms with E-state index in [1.807, 2.05) is 36.4 Å². The predicted octanol–water partition coefficient (Wildman–Crippen LogP) is 6.33. The van der Waals surface area contributed by atoms with Crippen molar-refractivity contribution in [2.24, 2.45) is 0 Å². The van der Waals surface area contributed by atoms with E-state index in [0.717, 1.165) is 53.5 Å². The van der Waals surface area contributed by atoms with E-state index < -0.39 is 5.41 Å². The van der Waals surface area contributed by atoms with Crippen molar-refractivity contribution in [2.45, 2.75) is 76.7 Å². The van der Waals surface area contributed by atoms with E-state index in [1.165, 1.54) is 0 Å². The number of hydrogen-bond donors (Lipinski definition) is 3. The van der Waals surface area contributed by atoms with Crippen molar-refractivity contribution in [3.63, 3.8) is 0 Å². The minimum absolute atomic E-state index is 0.127. The van der Waals surface area contributed by atoms with Crippen LogP contribution in [0.2, 0.25) is 0 Å². The van der Waals surface area contributed by atoms with E-state index in [9.17, 15) is 15.3 Å². The molecule has 0 aromatic heterocycles. The lowest BCUT2D eigenvalue weighted by Gasteiger charge is -2.43. The van der Waals surface area contributed by atoms with Crippen LogP contribution < -0.4 is 0 Å². The lowest BCUT2D eigenvalue weighted by molar-refractivity contribution is 0.173. The number of hydrogen-bond acceptors (Lipinski definition) is 9. The molecule has 0 heterocycles. The molecular formula is C36H48O9. The van der Waals surface area contributed by atoms with Gasteiger partial charge in [-0.3, -0.25) is 0 Å². The number of rotatable bonds is 15. The topological polar surface area (TPSA) is 116 Å². The number of ether oxygens (including phenoxy) is 6. The molecule has 0 radical (unpaired) electrons. The van der Waals surface area contributed by atoms with E-state index in [-0.39, 0.29) is 62.8 Å². The third kappa shape index (κ3) is 7.46. The summed E-state index contributed by atoms with van der Waals surface area (Å²) in [5.41, 5.74) is 6.86. The summed E-state index contributed by atoms with van der Waals surface area (Å²) in [6.07, 6.45) is 3.45. The summed E-state index contributed by atoms with van der Waals surface area (Å²) < 4.78 is 32.9. The molecule has 45 heavy (non-hydrogen) atoms. The maximum absolute atomic E-state index is 11.1. The second kappa shape index (κ2) is 15.9. The number of aromatic hydroxyl groups is 3. The summed E-state index contributed by atoms with van der Waals surface area (Å²) in [5.74, 6) is 0.663. The Kier molecular flexibility index (Phi) is 12.2. The number of methoxy groups -OCH3 is 6. The first-order valence-corrected chi connectivity index (χ1v) is 15.3. The first-order valence-electron chi connectivity index (χ1n) is 15.3. The summed E-state index contributed by atoms with van der Waals surface area (Å²) in [6, 6.07) is 12.3. The molecule has 0 spiro atoms. The second-order valence-electron chi connectivity index (χ2n) is 11.9. The first-order chi connectivity index (χ1) is 21.8. The summed E-state index contributed by atoms with van der Waals surface area (Å²) in [6.45, 7) is 1.54. The molecular weight excluding hydrogens is 576 g/mol. The quantitative estimate of drug-likeness (QED) is 0.179. The molecule has 1 fully saturated rings. The lowest BCUT2D eigenvalue weighted by atomic mass is 9.60. The van der Waals surface area contributed by atoms with Crippen molar-refractivity contribution < 1.29 is 43.7 Å². The highest BCUT2D eigenvalue weighted by Gasteiger charge is 2.42. The van der Waals surface area contributed by atoms with Crippen molar-refractivity contribution in [2.75, 3.05) is 42.7 Å². The lowest BCUT2D eigenvalue weighted by Crippen LogP contribution is -2.34.